The average Bonchev–Trinajstić information content (AvgIpc) is 3.70. The number of fused-ring (bicyclic) bond motifs is 3. The Morgan fingerprint density at radius 3 is 1.22 bits per heavy atom. The van der Waals surface area contributed by atoms with Crippen molar-refractivity contribution < 1.29 is 0 Å². The fourth-order valence-electron chi connectivity index (χ4n) is 8.65. The lowest BCUT2D eigenvalue weighted by molar-refractivity contribution is 1.07. The Labute approximate surface area is 365 Å². The second kappa shape index (κ2) is 16.0. The number of hydrogen-bond acceptors (Lipinski definition) is 3. The molecule has 0 aliphatic heterocycles. The Balaban J connectivity index is 1.22. The number of benzene rings is 9. The highest BCUT2D eigenvalue weighted by Crippen LogP contribution is 2.44. The minimum absolute atomic E-state index is 0.565. The van der Waals surface area contributed by atoms with Crippen LogP contribution in [0.25, 0.3) is 111 Å². The standard InChI is InChI=1S/C58H37N5/c1-59-48-31-32-54-52(38-48)49-29-17-18-30-53(49)63(54)55-50(41-23-11-4-12-24-41)36-47(37-51(55)42-25-13-5-14-26-42)58-61-56(43-27-15-6-16-28-43)60-57(62-58)46-34-44(39-19-7-2-8-20-39)33-45(35-46)40-21-9-3-10-22-40/h2-38H. The molecule has 0 aliphatic carbocycles. The summed E-state index contributed by atoms with van der Waals surface area (Å²) in [7, 11) is 0. The van der Waals surface area contributed by atoms with Crippen molar-refractivity contribution >= 4 is 27.5 Å². The molecule has 2 aromatic heterocycles. The molecule has 0 bridgehead atoms. The molecule has 0 aliphatic rings. The van der Waals surface area contributed by atoms with E-state index >= 15 is 0 Å². The van der Waals surface area contributed by atoms with E-state index in [1.165, 1.54) is 0 Å². The molecule has 0 amide bonds. The van der Waals surface area contributed by atoms with Gasteiger partial charge in [0.25, 0.3) is 0 Å². The summed E-state index contributed by atoms with van der Waals surface area (Å²) < 4.78 is 2.36. The summed E-state index contributed by atoms with van der Waals surface area (Å²) in [6, 6.07) is 77.7. The molecule has 0 saturated carbocycles. The highest BCUT2D eigenvalue weighted by molar-refractivity contribution is 6.11. The molecular weight excluding hydrogens is 767 g/mol. The molecule has 0 fully saturated rings. The van der Waals surface area contributed by atoms with Gasteiger partial charge in [-0.25, -0.2) is 19.8 Å². The van der Waals surface area contributed by atoms with Crippen molar-refractivity contribution in [1.29, 1.82) is 0 Å². The van der Waals surface area contributed by atoms with Crippen LogP contribution in [-0.2, 0) is 0 Å². The second-order valence-electron chi connectivity index (χ2n) is 15.5. The third-order valence-corrected chi connectivity index (χ3v) is 11.6. The lowest BCUT2D eigenvalue weighted by atomic mass is 9.92. The van der Waals surface area contributed by atoms with Crippen LogP contribution < -0.4 is 0 Å². The maximum Gasteiger partial charge on any atom is 0.188 e. The molecule has 0 radical (unpaired) electrons. The average molecular weight is 804 g/mol. The van der Waals surface area contributed by atoms with Gasteiger partial charge >= 0.3 is 0 Å². The monoisotopic (exact) mass is 803 g/mol. The number of nitrogens with zero attached hydrogens (tertiary/aromatic N) is 5. The molecule has 0 N–H and O–H groups in total. The maximum atomic E-state index is 7.84. The van der Waals surface area contributed by atoms with Gasteiger partial charge in [0, 0.05) is 33.2 Å². The topological polar surface area (TPSA) is 48.0 Å². The summed E-state index contributed by atoms with van der Waals surface area (Å²) in [4.78, 5) is 19.7. The van der Waals surface area contributed by atoms with E-state index in [0.717, 1.165) is 88.7 Å². The molecule has 9 aromatic carbocycles. The third-order valence-electron chi connectivity index (χ3n) is 11.6. The molecule has 0 unspecified atom stereocenters. The SMILES string of the molecule is [C-]#[N+]c1ccc2c(c1)c1ccccc1n2-c1c(-c2ccccc2)cc(-c2nc(-c3ccccc3)nc(-c3cc(-c4ccccc4)cc(-c4ccccc4)c3)n2)cc1-c1ccccc1. The predicted octanol–water partition coefficient (Wildman–Crippen LogP) is 15.2. The minimum Gasteiger partial charge on any atom is -0.308 e. The molecule has 5 nitrogen and oxygen atoms in total. The number of aromatic nitrogens is 4. The van der Waals surface area contributed by atoms with E-state index < -0.39 is 0 Å². The summed E-state index contributed by atoms with van der Waals surface area (Å²) in [5.41, 5.74) is 14.9. The Morgan fingerprint density at radius 1 is 0.317 bits per heavy atom. The van der Waals surface area contributed by atoms with Crippen LogP contribution in [-0.4, -0.2) is 19.5 Å². The fourth-order valence-corrected chi connectivity index (χ4v) is 8.65. The Hall–Kier alpha value is -8.72. The lowest BCUT2D eigenvalue weighted by Gasteiger charge is -2.21. The van der Waals surface area contributed by atoms with E-state index in [4.69, 9.17) is 21.5 Å². The zero-order valence-corrected chi connectivity index (χ0v) is 34.1. The predicted molar refractivity (Wildman–Crippen MR) is 258 cm³/mol. The van der Waals surface area contributed by atoms with Crippen molar-refractivity contribution in [3.63, 3.8) is 0 Å². The van der Waals surface area contributed by atoms with E-state index in [1.54, 1.807) is 0 Å². The minimum atomic E-state index is 0.565. The van der Waals surface area contributed by atoms with Crippen LogP contribution in [0.4, 0.5) is 5.69 Å². The fraction of sp³-hybridized carbons (Fsp3) is 0. The highest BCUT2D eigenvalue weighted by Gasteiger charge is 2.23. The van der Waals surface area contributed by atoms with Crippen LogP contribution >= 0.6 is 0 Å². The van der Waals surface area contributed by atoms with Crippen molar-refractivity contribution in [3.05, 3.63) is 236 Å². The number of para-hydroxylation sites is 1. The first-order valence-electron chi connectivity index (χ1n) is 21.0. The van der Waals surface area contributed by atoms with E-state index in [2.05, 4.69) is 179 Å². The van der Waals surface area contributed by atoms with Crippen LogP contribution in [0, 0.1) is 6.57 Å². The molecule has 294 valence electrons. The molecule has 63 heavy (non-hydrogen) atoms. The molecule has 5 heteroatoms. The summed E-state index contributed by atoms with van der Waals surface area (Å²) in [5, 5.41) is 2.12. The quantitative estimate of drug-likeness (QED) is 0.144. The van der Waals surface area contributed by atoms with Crippen molar-refractivity contribution in [3.8, 4) is 84.4 Å². The van der Waals surface area contributed by atoms with Crippen molar-refractivity contribution in [2.45, 2.75) is 0 Å². The summed E-state index contributed by atoms with van der Waals surface area (Å²) in [6.45, 7) is 7.84. The van der Waals surface area contributed by atoms with Crippen LogP contribution in [0.3, 0.4) is 0 Å². The van der Waals surface area contributed by atoms with Gasteiger partial charge in [0.1, 0.15) is 0 Å². The molecule has 11 aromatic rings. The van der Waals surface area contributed by atoms with E-state index in [9.17, 15) is 0 Å². The molecule has 0 atom stereocenters. The summed E-state index contributed by atoms with van der Waals surface area (Å²) in [5.74, 6) is 1.74. The first-order valence-corrected chi connectivity index (χ1v) is 21.0. The Bertz CT molecular complexity index is 3370. The van der Waals surface area contributed by atoms with Gasteiger partial charge in [-0.3, -0.25) is 0 Å². The first kappa shape index (κ1) is 37.3. The van der Waals surface area contributed by atoms with Gasteiger partial charge in [0.05, 0.1) is 23.3 Å². The third kappa shape index (κ3) is 7.02. The van der Waals surface area contributed by atoms with Gasteiger partial charge in [-0.15, -0.1) is 0 Å². The van der Waals surface area contributed by atoms with Crippen molar-refractivity contribution in [2.24, 2.45) is 0 Å². The number of rotatable bonds is 8. The van der Waals surface area contributed by atoms with Crippen LogP contribution in [0.5, 0.6) is 0 Å². The van der Waals surface area contributed by atoms with E-state index in [-0.39, 0.29) is 0 Å². The van der Waals surface area contributed by atoms with Gasteiger partial charge in [-0.2, -0.15) is 0 Å². The number of hydrogen-bond donors (Lipinski definition) is 0. The highest BCUT2D eigenvalue weighted by atomic mass is 15.0. The summed E-state index contributed by atoms with van der Waals surface area (Å²) in [6.07, 6.45) is 0. The second-order valence-corrected chi connectivity index (χ2v) is 15.5. The Kier molecular flexibility index (Phi) is 9.50. The Morgan fingerprint density at radius 2 is 0.714 bits per heavy atom. The summed E-state index contributed by atoms with van der Waals surface area (Å²) >= 11 is 0. The van der Waals surface area contributed by atoms with E-state index in [0.29, 0.717) is 23.2 Å². The molecule has 0 spiro atoms. The maximum absolute atomic E-state index is 7.84. The van der Waals surface area contributed by atoms with Gasteiger partial charge in [-0.05, 0) is 87.3 Å². The van der Waals surface area contributed by atoms with E-state index in [1.807, 2.05) is 54.6 Å². The van der Waals surface area contributed by atoms with Crippen LogP contribution in [0.1, 0.15) is 0 Å². The van der Waals surface area contributed by atoms with Gasteiger partial charge in [-0.1, -0.05) is 176 Å². The van der Waals surface area contributed by atoms with Gasteiger partial charge in [0.15, 0.2) is 23.2 Å². The molecule has 11 rings (SSSR count). The normalized spacial score (nSPS) is 11.2. The van der Waals surface area contributed by atoms with Crippen LogP contribution in [0.2, 0.25) is 0 Å². The molecular formula is C58H37N5. The zero-order valence-electron chi connectivity index (χ0n) is 34.1. The molecule has 0 saturated heterocycles. The smallest absolute Gasteiger partial charge is 0.188 e. The first-order chi connectivity index (χ1) is 31.2. The lowest BCUT2D eigenvalue weighted by Crippen LogP contribution is -2.04. The van der Waals surface area contributed by atoms with Crippen LogP contribution in [0.15, 0.2) is 224 Å². The van der Waals surface area contributed by atoms with Gasteiger partial charge in [0.2, 0.25) is 0 Å². The largest absolute Gasteiger partial charge is 0.308 e. The zero-order chi connectivity index (χ0) is 42.1. The van der Waals surface area contributed by atoms with Crippen molar-refractivity contribution in [1.82, 2.24) is 19.5 Å². The van der Waals surface area contributed by atoms with Gasteiger partial charge < -0.3 is 4.57 Å². The van der Waals surface area contributed by atoms with Crippen molar-refractivity contribution in [2.75, 3.05) is 0 Å². The molecule has 2 heterocycles.